The van der Waals surface area contributed by atoms with E-state index in [0.29, 0.717) is 0 Å². The summed E-state index contributed by atoms with van der Waals surface area (Å²) >= 11 is 0. The SMILES string of the molecule is CCC(C)CC1CC(C)C(C(C)CC)C1. The quantitative estimate of drug-likeness (QED) is 0.590. The highest BCUT2D eigenvalue weighted by atomic mass is 14.4. The van der Waals surface area contributed by atoms with E-state index in [2.05, 4.69) is 34.6 Å². The minimum absolute atomic E-state index is 0.942. The van der Waals surface area contributed by atoms with Gasteiger partial charge in [-0.05, 0) is 48.9 Å². The summed E-state index contributed by atoms with van der Waals surface area (Å²) < 4.78 is 0. The molecule has 0 saturated heterocycles. The van der Waals surface area contributed by atoms with Crippen molar-refractivity contribution in [3.05, 3.63) is 0 Å². The number of hydrogen-bond acceptors (Lipinski definition) is 0. The third-order valence-electron chi connectivity index (χ3n) is 4.85. The predicted octanol–water partition coefficient (Wildman–Crippen LogP) is 5.13. The Kier molecular flexibility index (Phi) is 5.15. The Morgan fingerprint density at radius 2 is 1.73 bits per heavy atom. The lowest BCUT2D eigenvalue weighted by Crippen LogP contribution is -2.13. The summed E-state index contributed by atoms with van der Waals surface area (Å²) in [5.41, 5.74) is 0. The average molecular weight is 210 g/mol. The zero-order valence-corrected chi connectivity index (χ0v) is 11.4. The molecule has 0 aromatic heterocycles. The van der Waals surface area contributed by atoms with Gasteiger partial charge in [-0.1, -0.05) is 47.5 Å². The van der Waals surface area contributed by atoms with Gasteiger partial charge in [-0.15, -0.1) is 0 Å². The second-order valence-corrected chi connectivity index (χ2v) is 6.11. The zero-order valence-electron chi connectivity index (χ0n) is 11.4. The summed E-state index contributed by atoms with van der Waals surface area (Å²) in [5.74, 6) is 4.92. The molecule has 1 saturated carbocycles. The van der Waals surface area contributed by atoms with Crippen LogP contribution in [0.3, 0.4) is 0 Å². The Morgan fingerprint density at radius 1 is 1.07 bits per heavy atom. The maximum Gasteiger partial charge on any atom is -0.0360 e. The zero-order chi connectivity index (χ0) is 11.4. The number of hydrogen-bond donors (Lipinski definition) is 0. The van der Waals surface area contributed by atoms with Crippen LogP contribution in [0.25, 0.3) is 0 Å². The molecule has 5 atom stereocenters. The van der Waals surface area contributed by atoms with Gasteiger partial charge in [0, 0.05) is 0 Å². The van der Waals surface area contributed by atoms with Crippen LogP contribution in [0.2, 0.25) is 0 Å². The van der Waals surface area contributed by atoms with E-state index in [9.17, 15) is 0 Å². The molecule has 0 aromatic rings. The van der Waals surface area contributed by atoms with Crippen LogP contribution in [0.1, 0.15) is 66.7 Å². The molecule has 0 aromatic carbocycles. The topological polar surface area (TPSA) is 0 Å². The van der Waals surface area contributed by atoms with Crippen molar-refractivity contribution in [1.29, 1.82) is 0 Å². The van der Waals surface area contributed by atoms with Crippen LogP contribution in [0, 0.1) is 29.6 Å². The van der Waals surface area contributed by atoms with E-state index in [1.165, 1.54) is 32.1 Å². The largest absolute Gasteiger partial charge is 0.0651 e. The fourth-order valence-electron chi connectivity index (χ4n) is 3.44. The third-order valence-corrected chi connectivity index (χ3v) is 4.85. The van der Waals surface area contributed by atoms with Gasteiger partial charge in [0.15, 0.2) is 0 Å². The minimum atomic E-state index is 0.942. The summed E-state index contributed by atoms with van der Waals surface area (Å²) in [6.07, 6.45) is 7.22. The maximum atomic E-state index is 2.48. The Balaban J connectivity index is 2.41. The summed E-state index contributed by atoms with van der Waals surface area (Å²) in [5, 5.41) is 0. The molecule has 5 unspecified atom stereocenters. The van der Waals surface area contributed by atoms with Crippen molar-refractivity contribution in [1.82, 2.24) is 0 Å². The molecule has 0 aliphatic heterocycles. The van der Waals surface area contributed by atoms with Crippen LogP contribution < -0.4 is 0 Å². The molecular formula is C15H30. The van der Waals surface area contributed by atoms with E-state index < -0.39 is 0 Å². The lowest BCUT2D eigenvalue weighted by molar-refractivity contribution is 0.282. The highest BCUT2D eigenvalue weighted by Gasteiger charge is 2.34. The Morgan fingerprint density at radius 3 is 2.27 bits per heavy atom. The second kappa shape index (κ2) is 5.92. The van der Waals surface area contributed by atoms with Crippen LogP contribution in [-0.2, 0) is 0 Å². The van der Waals surface area contributed by atoms with Gasteiger partial charge < -0.3 is 0 Å². The molecule has 0 N–H and O–H groups in total. The summed E-state index contributed by atoms with van der Waals surface area (Å²) in [4.78, 5) is 0. The van der Waals surface area contributed by atoms with Gasteiger partial charge in [0.1, 0.15) is 0 Å². The fraction of sp³-hybridized carbons (Fsp3) is 1.00. The average Bonchev–Trinajstić information content (AvgIpc) is 2.58. The summed E-state index contributed by atoms with van der Waals surface area (Å²) in [6.45, 7) is 12.0. The summed E-state index contributed by atoms with van der Waals surface area (Å²) in [7, 11) is 0. The van der Waals surface area contributed by atoms with E-state index in [4.69, 9.17) is 0 Å². The van der Waals surface area contributed by atoms with Crippen LogP contribution in [-0.4, -0.2) is 0 Å². The van der Waals surface area contributed by atoms with E-state index >= 15 is 0 Å². The first kappa shape index (κ1) is 13.1. The molecule has 0 spiro atoms. The first-order chi connectivity index (χ1) is 7.08. The molecule has 1 fully saturated rings. The van der Waals surface area contributed by atoms with Gasteiger partial charge in [-0.25, -0.2) is 0 Å². The smallest absolute Gasteiger partial charge is 0.0360 e. The Hall–Kier alpha value is 0. The van der Waals surface area contributed by atoms with Gasteiger partial charge >= 0.3 is 0 Å². The van der Waals surface area contributed by atoms with Crippen molar-refractivity contribution in [3.8, 4) is 0 Å². The van der Waals surface area contributed by atoms with Crippen LogP contribution in [0.5, 0.6) is 0 Å². The van der Waals surface area contributed by atoms with Crippen molar-refractivity contribution < 1.29 is 0 Å². The van der Waals surface area contributed by atoms with Gasteiger partial charge in [-0.3, -0.25) is 0 Å². The maximum absolute atomic E-state index is 2.48. The van der Waals surface area contributed by atoms with Gasteiger partial charge in [-0.2, -0.15) is 0 Å². The van der Waals surface area contributed by atoms with Crippen molar-refractivity contribution in [2.75, 3.05) is 0 Å². The molecule has 90 valence electrons. The molecule has 15 heavy (non-hydrogen) atoms. The fourth-order valence-corrected chi connectivity index (χ4v) is 3.44. The Bertz CT molecular complexity index is 173. The highest BCUT2D eigenvalue weighted by molar-refractivity contribution is 4.84. The third kappa shape index (κ3) is 3.50. The van der Waals surface area contributed by atoms with Crippen molar-refractivity contribution in [2.24, 2.45) is 29.6 Å². The van der Waals surface area contributed by atoms with Gasteiger partial charge in [0.2, 0.25) is 0 Å². The van der Waals surface area contributed by atoms with E-state index in [1.807, 2.05) is 0 Å². The van der Waals surface area contributed by atoms with Gasteiger partial charge in [0.25, 0.3) is 0 Å². The van der Waals surface area contributed by atoms with Crippen LogP contribution in [0.15, 0.2) is 0 Å². The monoisotopic (exact) mass is 210 g/mol. The molecular weight excluding hydrogens is 180 g/mol. The first-order valence-corrected chi connectivity index (χ1v) is 7.08. The van der Waals surface area contributed by atoms with Crippen molar-refractivity contribution in [2.45, 2.75) is 66.7 Å². The molecule has 0 bridgehead atoms. The molecule has 0 heterocycles. The molecule has 0 nitrogen and oxygen atoms in total. The minimum Gasteiger partial charge on any atom is -0.0651 e. The lowest BCUT2D eigenvalue weighted by atomic mass is 9.84. The van der Waals surface area contributed by atoms with E-state index in [1.54, 1.807) is 0 Å². The highest BCUT2D eigenvalue weighted by Crippen LogP contribution is 2.43. The van der Waals surface area contributed by atoms with Crippen molar-refractivity contribution >= 4 is 0 Å². The van der Waals surface area contributed by atoms with Crippen LogP contribution in [0.4, 0.5) is 0 Å². The second-order valence-electron chi connectivity index (χ2n) is 6.11. The van der Waals surface area contributed by atoms with Gasteiger partial charge in [0.05, 0.1) is 0 Å². The predicted molar refractivity (Wildman–Crippen MR) is 68.9 cm³/mol. The molecule has 1 aliphatic carbocycles. The summed E-state index contributed by atoms with van der Waals surface area (Å²) in [6, 6.07) is 0. The first-order valence-electron chi connectivity index (χ1n) is 7.08. The van der Waals surface area contributed by atoms with Crippen LogP contribution >= 0.6 is 0 Å². The van der Waals surface area contributed by atoms with E-state index in [-0.39, 0.29) is 0 Å². The normalized spacial score (nSPS) is 35.4. The Labute approximate surface area is 96.8 Å². The number of rotatable bonds is 5. The van der Waals surface area contributed by atoms with E-state index in [0.717, 1.165) is 29.6 Å². The molecule has 0 radical (unpaired) electrons. The standard InChI is InChI=1S/C15H30/c1-6-11(3)8-14-9-13(5)15(10-14)12(4)7-2/h11-15H,6-10H2,1-5H3. The van der Waals surface area contributed by atoms with Crippen molar-refractivity contribution in [3.63, 3.8) is 0 Å². The molecule has 0 amide bonds. The lowest BCUT2D eigenvalue weighted by Gasteiger charge is -2.22. The molecule has 0 heteroatoms. The molecule has 1 rings (SSSR count). The molecule has 1 aliphatic rings.